The van der Waals surface area contributed by atoms with Gasteiger partial charge in [-0.15, -0.1) is 0 Å². The number of ether oxygens (including phenoxy) is 1. The molecule has 0 saturated carbocycles. The monoisotopic (exact) mass is 272 g/mol. The van der Waals surface area contributed by atoms with Crippen molar-refractivity contribution in [2.75, 3.05) is 7.11 Å². The molecule has 20 heavy (non-hydrogen) atoms. The molecule has 0 fully saturated rings. The second-order valence-electron chi connectivity index (χ2n) is 5.33. The van der Waals surface area contributed by atoms with Gasteiger partial charge >= 0.3 is 0 Å². The molecule has 1 aliphatic carbocycles. The van der Waals surface area contributed by atoms with Gasteiger partial charge in [0.2, 0.25) is 0 Å². The lowest BCUT2D eigenvalue weighted by Crippen LogP contribution is -2.36. The summed E-state index contributed by atoms with van der Waals surface area (Å²) in [4.78, 5) is 4.20. The Morgan fingerprint density at radius 2 is 2.30 bits per heavy atom. The van der Waals surface area contributed by atoms with Crippen molar-refractivity contribution in [3.63, 3.8) is 0 Å². The summed E-state index contributed by atoms with van der Waals surface area (Å²) in [6.07, 6.45) is 4.84. The Bertz CT molecular complexity index is 567. The quantitative estimate of drug-likeness (QED) is 0.894. The molecule has 2 aromatic rings. The van der Waals surface area contributed by atoms with Gasteiger partial charge < -0.3 is 10.1 Å². The predicted octanol–water partition coefficient (Wildman–Crippen LogP) is 2.02. The number of aromatic nitrogens is 3. The molecule has 2 unspecified atom stereocenters. The summed E-state index contributed by atoms with van der Waals surface area (Å²) in [5, 5.41) is 10.4. The summed E-state index contributed by atoms with van der Waals surface area (Å²) in [5.74, 6) is 1.83. The van der Waals surface area contributed by atoms with E-state index in [1.54, 1.807) is 13.4 Å². The first-order valence-electron chi connectivity index (χ1n) is 7.03. The van der Waals surface area contributed by atoms with E-state index in [4.69, 9.17) is 4.74 Å². The van der Waals surface area contributed by atoms with Crippen LogP contribution in [0.1, 0.15) is 36.3 Å². The lowest BCUT2D eigenvalue weighted by Gasteiger charge is -2.28. The van der Waals surface area contributed by atoms with E-state index in [2.05, 4.69) is 39.6 Å². The Kier molecular flexibility index (Phi) is 3.69. The number of rotatable bonds is 4. The van der Waals surface area contributed by atoms with Gasteiger partial charge in [-0.25, -0.2) is 4.98 Å². The van der Waals surface area contributed by atoms with E-state index in [0.717, 1.165) is 30.8 Å². The first-order valence-corrected chi connectivity index (χ1v) is 7.03. The van der Waals surface area contributed by atoms with E-state index in [1.165, 1.54) is 11.1 Å². The topological polar surface area (TPSA) is 62.8 Å². The van der Waals surface area contributed by atoms with Crippen LogP contribution in [0.5, 0.6) is 5.75 Å². The third-order valence-electron chi connectivity index (χ3n) is 3.97. The Balaban J connectivity index is 1.68. The lowest BCUT2D eigenvalue weighted by molar-refractivity contribution is 0.397. The second kappa shape index (κ2) is 5.63. The van der Waals surface area contributed by atoms with Crippen LogP contribution in [0.15, 0.2) is 24.5 Å². The van der Waals surface area contributed by atoms with Crippen LogP contribution < -0.4 is 10.1 Å². The Morgan fingerprint density at radius 3 is 3.05 bits per heavy atom. The summed E-state index contributed by atoms with van der Waals surface area (Å²) in [5.41, 5.74) is 2.83. The van der Waals surface area contributed by atoms with E-state index in [9.17, 15) is 0 Å². The maximum absolute atomic E-state index is 5.31. The van der Waals surface area contributed by atoms with Gasteiger partial charge in [0.25, 0.3) is 0 Å². The third-order valence-corrected chi connectivity index (χ3v) is 3.97. The highest BCUT2D eigenvalue weighted by Crippen LogP contribution is 2.26. The van der Waals surface area contributed by atoms with Crippen molar-refractivity contribution < 1.29 is 4.74 Å². The molecule has 0 bridgehead atoms. The van der Waals surface area contributed by atoms with Crippen molar-refractivity contribution >= 4 is 0 Å². The van der Waals surface area contributed by atoms with E-state index in [0.29, 0.717) is 6.04 Å². The first-order chi connectivity index (χ1) is 9.76. The molecule has 1 aliphatic rings. The van der Waals surface area contributed by atoms with Crippen molar-refractivity contribution in [2.24, 2.45) is 0 Å². The molecular weight excluding hydrogens is 252 g/mol. The molecule has 5 heteroatoms. The van der Waals surface area contributed by atoms with Gasteiger partial charge in [0.05, 0.1) is 13.2 Å². The van der Waals surface area contributed by atoms with Gasteiger partial charge in [-0.3, -0.25) is 5.10 Å². The smallest absolute Gasteiger partial charge is 0.141 e. The number of nitrogens with zero attached hydrogens (tertiary/aromatic N) is 2. The van der Waals surface area contributed by atoms with Crippen LogP contribution in [0, 0.1) is 0 Å². The van der Waals surface area contributed by atoms with Crippen LogP contribution in [-0.2, 0) is 12.8 Å². The highest BCUT2D eigenvalue weighted by atomic mass is 16.5. The molecule has 0 saturated heterocycles. The third kappa shape index (κ3) is 2.67. The van der Waals surface area contributed by atoms with Gasteiger partial charge in [-0.2, -0.15) is 5.10 Å². The van der Waals surface area contributed by atoms with E-state index in [1.807, 2.05) is 6.07 Å². The summed E-state index contributed by atoms with van der Waals surface area (Å²) in [6.45, 7) is 2.11. The molecule has 1 aromatic carbocycles. The number of hydrogen-bond acceptors (Lipinski definition) is 4. The summed E-state index contributed by atoms with van der Waals surface area (Å²) in [7, 11) is 1.71. The number of nitrogens with one attached hydrogen (secondary N) is 2. The van der Waals surface area contributed by atoms with Gasteiger partial charge in [0, 0.05) is 6.04 Å². The number of methoxy groups -OCH3 is 1. The van der Waals surface area contributed by atoms with Crippen LogP contribution in [0.25, 0.3) is 0 Å². The number of fused-ring (bicyclic) bond motifs is 1. The molecule has 106 valence electrons. The first kappa shape index (κ1) is 13.1. The molecule has 1 heterocycles. The van der Waals surface area contributed by atoms with Crippen molar-refractivity contribution in [1.29, 1.82) is 0 Å². The normalized spacial score (nSPS) is 19.4. The minimum atomic E-state index is 0.189. The standard InChI is InChI=1S/C15H20N4O/c1-10(15-16-9-17-19-15)18-13-5-3-11-4-6-14(20-2)8-12(11)7-13/h4,6,8-10,13,18H,3,5,7H2,1-2H3,(H,16,17,19). The maximum Gasteiger partial charge on any atom is 0.141 e. The molecule has 1 aromatic heterocycles. The average molecular weight is 272 g/mol. The summed E-state index contributed by atoms with van der Waals surface area (Å²) >= 11 is 0. The van der Waals surface area contributed by atoms with Gasteiger partial charge in [-0.1, -0.05) is 6.07 Å². The Hall–Kier alpha value is -1.88. The molecule has 0 radical (unpaired) electrons. The van der Waals surface area contributed by atoms with Gasteiger partial charge in [0.1, 0.15) is 17.9 Å². The van der Waals surface area contributed by atoms with Crippen molar-refractivity contribution in [1.82, 2.24) is 20.5 Å². The molecule has 0 amide bonds. The molecule has 3 rings (SSSR count). The van der Waals surface area contributed by atoms with E-state index in [-0.39, 0.29) is 6.04 Å². The van der Waals surface area contributed by atoms with Crippen molar-refractivity contribution in [3.05, 3.63) is 41.5 Å². The highest BCUT2D eigenvalue weighted by molar-refractivity contribution is 5.37. The van der Waals surface area contributed by atoms with Crippen LogP contribution in [-0.4, -0.2) is 28.3 Å². The zero-order chi connectivity index (χ0) is 13.9. The van der Waals surface area contributed by atoms with Crippen LogP contribution in [0.2, 0.25) is 0 Å². The fourth-order valence-corrected chi connectivity index (χ4v) is 2.86. The van der Waals surface area contributed by atoms with E-state index >= 15 is 0 Å². The lowest BCUT2D eigenvalue weighted by atomic mass is 9.88. The average Bonchev–Trinajstić information content (AvgIpc) is 3.00. The Labute approximate surface area is 118 Å². The highest BCUT2D eigenvalue weighted by Gasteiger charge is 2.21. The number of benzene rings is 1. The van der Waals surface area contributed by atoms with E-state index < -0.39 is 0 Å². The van der Waals surface area contributed by atoms with Crippen molar-refractivity contribution in [2.45, 2.75) is 38.3 Å². The largest absolute Gasteiger partial charge is 0.497 e. The van der Waals surface area contributed by atoms with Crippen LogP contribution in [0.3, 0.4) is 0 Å². The van der Waals surface area contributed by atoms with Gasteiger partial charge in [-0.05, 0) is 49.4 Å². The molecule has 2 N–H and O–H groups in total. The minimum Gasteiger partial charge on any atom is -0.497 e. The molecule has 5 nitrogen and oxygen atoms in total. The second-order valence-corrected chi connectivity index (χ2v) is 5.33. The molecule has 0 aliphatic heterocycles. The molecule has 0 spiro atoms. The molecular formula is C15H20N4O. The number of aryl methyl sites for hydroxylation is 1. The zero-order valence-electron chi connectivity index (χ0n) is 11.9. The SMILES string of the molecule is COc1ccc2c(c1)CC(NC(C)c1ncn[nH]1)CC2. The summed E-state index contributed by atoms with van der Waals surface area (Å²) < 4.78 is 5.31. The Morgan fingerprint density at radius 1 is 1.40 bits per heavy atom. The van der Waals surface area contributed by atoms with Gasteiger partial charge in [0.15, 0.2) is 0 Å². The fourth-order valence-electron chi connectivity index (χ4n) is 2.86. The number of aromatic amines is 1. The molecule has 2 atom stereocenters. The fraction of sp³-hybridized carbons (Fsp3) is 0.467. The number of H-pyrrole nitrogens is 1. The maximum atomic E-state index is 5.31. The predicted molar refractivity (Wildman–Crippen MR) is 76.7 cm³/mol. The van der Waals surface area contributed by atoms with Crippen LogP contribution in [0.4, 0.5) is 0 Å². The number of hydrogen-bond donors (Lipinski definition) is 2. The zero-order valence-corrected chi connectivity index (χ0v) is 11.9. The minimum absolute atomic E-state index is 0.189. The van der Waals surface area contributed by atoms with Crippen LogP contribution >= 0.6 is 0 Å². The summed E-state index contributed by atoms with van der Waals surface area (Å²) in [6, 6.07) is 7.04. The van der Waals surface area contributed by atoms with Crippen molar-refractivity contribution in [3.8, 4) is 5.75 Å².